The van der Waals surface area contributed by atoms with Crippen molar-refractivity contribution in [3.8, 4) is 0 Å². The molecule has 106 valence electrons. The van der Waals surface area contributed by atoms with Crippen LogP contribution in [0.1, 0.15) is 20.3 Å². The van der Waals surface area contributed by atoms with Crippen molar-refractivity contribution >= 4 is 34.1 Å². The second kappa shape index (κ2) is 6.20. The third-order valence-corrected chi connectivity index (χ3v) is 3.86. The molecule has 2 aromatic rings. The number of amides is 1. The molecule has 0 spiro atoms. The van der Waals surface area contributed by atoms with E-state index >= 15 is 0 Å². The van der Waals surface area contributed by atoms with Crippen LogP contribution in [0, 0.1) is 5.92 Å². The molecule has 1 heterocycles. The fraction of sp³-hybridized carbons (Fsp3) is 0.333. The quantitative estimate of drug-likeness (QED) is 0.909. The summed E-state index contributed by atoms with van der Waals surface area (Å²) in [4.78, 5) is 16.4. The summed E-state index contributed by atoms with van der Waals surface area (Å²) in [6, 6.07) is 6.64. The topological polar surface area (TPSA) is 68.0 Å². The molecule has 0 fully saturated rings. The van der Waals surface area contributed by atoms with Crippen LogP contribution in [0.15, 0.2) is 30.5 Å². The van der Waals surface area contributed by atoms with Crippen molar-refractivity contribution in [2.45, 2.75) is 26.3 Å². The van der Waals surface area contributed by atoms with E-state index in [9.17, 15) is 4.79 Å². The first-order chi connectivity index (χ1) is 9.54. The molecule has 0 aliphatic carbocycles. The van der Waals surface area contributed by atoms with Gasteiger partial charge in [0.05, 0.1) is 22.3 Å². The summed E-state index contributed by atoms with van der Waals surface area (Å²) < 4.78 is 0. The maximum Gasteiger partial charge on any atom is 0.241 e. The molecule has 0 bridgehead atoms. The van der Waals surface area contributed by atoms with E-state index in [4.69, 9.17) is 17.3 Å². The molecule has 0 saturated carbocycles. The minimum absolute atomic E-state index is 0.126. The fourth-order valence-corrected chi connectivity index (χ4v) is 2.18. The molecule has 5 heteroatoms. The van der Waals surface area contributed by atoms with Gasteiger partial charge in [-0.25, -0.2) is 0 Å². The molecule has 3 N–H and O–H groups in total. The lowest BCUT2D eigenvalue weighted by Gasteiger charge is -2.18. The van der Waals surface area contributed by atoms with E-state index in [0.29, 0.717) is 16.2 Å². The molecular weight excluding hydrogens is 274 g/mol. The van der Waals surface area contributed by atoms with Crippen molar-refractivity contribution < 1.29 is 4.79 Å². The molecule has 20 heavy (non-hydrogen) atoms. The van der Waals surface area contributed by atoms with Gasteiger partial charge < -0.3 is 11.1 Å². The Balaban J connectivity index is 2.31. The number of hydrogen-bond acceptors (Lipinski definition) is 3. The molecule has 1 aromatic carbocycles. The van der Waals surface area contributed by atoms with Gasteiger partial charge in [0.15, 0.2) is 0 Å². The third kappa shape index (κ3) is 2.92. The number of nitrogens with one attached hydrogen (secondary N) is 1. The molecule has 2 rings (SSSR count). The van der Waals surface area contributed by atoms with Gasteiger partial charge in [-0.15, -0.1) is 0 Å². The van der Waals surface area contributed by atoms with Crippen LogP contribution in [0.2, 0.25) is 5.02 Å². The van der Waals surface area contributed by atoms with E-state index in [2.05, 4.69) is 10.3 Å². The van der Waals surface area contributed by atoms with Crippen molar-refractivity contribution in [2.24, 2.45) is 11.7 Å². The standard InChI is InChI=1S/C15H18ClN3O/c1-3-9(2)13(17)15(20)19-12-7-6-11(16)10-5-4-8-18-14(10)12/h4-9,13H,3,17H2,1-2H3,(H,19,20)/t9?,13-/m0/s1. The monoisotopic (exact) mass is 291 g/mol. The van der Waals surface area contributed by atoms with E-state index in [1.54, 1.807) is 18.3 Å². The van der Waals surface area contributed by atoms with Crippen LogP contribution >= 0.6 is 11.6 Å². The zero-order chi connectivity index (χ0) is 14.7. The number of anilines is 1. The van der Waals surface area contributed by atoms with E-state index in [1.807, 2.05) is 26.0 Å². The van der Waals surface area contributed by atoms with Gasteiger partial charge >= 0.3 is 0 Å². The number of hydrogen-bond donors (Lipinski definition) is 2. The Morgan fingerprint density at radius 2 is 2.20 bits per heavy atom. The molecule has 0 aliphatic rings. The van der Waals surface area contributed by atoms with Gasteiger partial charge in [0.25, 0.3) is 0 Å². The number of nitrogens with two attached hydrogens (primary N) is 1. The maximum absolute atomic E-state index is 12.1. The Kier molecular flexibility index (Phi) is 4.57. The Morgan fingerprint density at radius 1 is 1.45 bits per heavy atom. The smallest absolute Gasteiger partial charge is 0.241 e. The number of rotatable bonds is 4. The predicted molar refractivity (Wildman–Crippen MR) is 82.8 cm³/mol. The minimum atomic E-state index is -0.533. The minimum Gasteiger partial charge on any atom is -0.323 e. The van der Waals surface area contributed by atoms with Gasteiger partial charge in [-0.1, -0.05) is 31.9 Å². The Hall–Kier alpha value is -1.65. The molecular formula is C15H18ClN3O. The van der Waals surface area contributed by atoms with Crippen LogP contribution < -0.4 is 11.1 Å². The van der Waals surface area contributed by atoms with Gasteiger partial charge in [0.2, 0.25) is 5.91 Å². The molecule has 1 unspecified atom stereocenters. The SMILES string of the molecule is CCC(C)[C@H](N)C(=O)Nc1ccc(Cl)c2cccnc12. The summed E-state index contributed by atoms with van der Waals surface area (Å²) in [6.45, 7) is 3.97. The zero-order valence-corrected chi connectivity index (χ0v) is 12.3. The number of aromatic nitrogens is 1. The number of carbonyl (C=O) groups excluding carboxylic acids is 1. The van der Waals surface area contributed by atoms with Crippen LogP contribution in [0.4, 0.5) is 5.69 Å². The van der Waals surface area contributed by atoms with Gasteiger partial charge in [0.1, 0.15) is 0 Å². The highest BCUT2D eigenvalue weighted by Crippen LogP contribution is 2.28. The summed E-state index contributed by atoms with van der Waals surface area (Å²) in [5.41, 5.74) is 7.24. The lowest BCUT2D eigenvalue weighted by atomic mass is 9.99. The number of carbonyl (C=O) groups is 1. The summed E-state index contributed by atoms with van der Waals surface area (Å²) in [6.07, 6.45) is 2.52. The summed E-state index contributed by atoms with van der Waals surface area (Å²) in [5.74, 6) is -0.0739. The second-order valence-electron chi connectivity index (χ2n) is 4.90. The van der Waals surface area contributed by atoms with Crippen molar-refractivity contribution in [3.63, 3.8) is 0 Å². The number of pyridine rings is 1. The van der Waals surface area contributed by atoms with Crippen molar-refractivity contribution in [1.82, 2.24) is 4.98 Å². The number of halogens is 1. The fourth-order valence-electron chi connectivity index (χ4n) is 1.97. The van der Waals surface area contributed by atoms with E-state index in [0.717, 1.165) is 11.8 Å². The van der Waals surface area contributed by atoms with Crippen LogP contribution in [0.5, 0.6) is 0 Å². The lowest BCUT2D eigenvalue weighted by Crippen LogP contribution is -2.40. The normalized spacial score (nSPS) is 14.0. The molecule has 0 saturated heterocycles. The highest BCUT2D eigenvalue weighted by atomic mass is 35.5. The highest BCUT2D eigenvalue weighted by Gasteiger charge is 2.20. The molecule has 2 atom stereocenters. The summed E-state index contributed by atoms with van der Waals surface area (Å²) in [7, 11) is 0. The first kappa shape index (κ1) is 14.8. The summed E-state index contributed by atoms with van der Waals surface area (Å²) in [5, 5.41) is 4.26. The largest absolute Gasteiger partial charge is 0.323 e. The number of benzene rings is 1. The Labute approximate surface area is 123 Å². The first-order valence-corrected chi connectivity index (χ1v) is 7.02. The average Bonchev–Trinajstić information content (AvgIpc) is 2.48. The van der Waals surface area contributed by atoms with Crippen LogP contribution in [0.25, 0.3) is 10.9 Å². The zero-order valence-electron chi connectivity index (χ0n) is 11.6. The molecule has 0 aliphatic heterocycles. The predicted octanol–water partition coefficient (Wildman–Crippen LogP) is 3.20. The van der Waals surface area contributed by atoms with Crippen LogP contribution in [0.3, 0.4) is 0 Å². The molecule has 1 amide bonds. The van der Waals surface area contributed by atoms with Crippen molar-refractivity contribution in [2.75, 3.05) is 5.32 Å². The summed E-state index contributed by atoms with van der Waals surface area (Å²) >= 11 is 6.12. The van der Waals surface area contributed by atoms with Gasteiger partial charge in [-0.05, 0) is 30.2 Å². The third-order valence-electron chi connectivity index (χ3n) is 3.53. The average molecular weight is 292 g/mol. The Morgan fingerprint density at radius 3 is 2.90 bits per heavy atom. The molecule has 0 radical (unpaired) electrons. The van der Waals surface area contributed by atoms with E-state index in [-0.39, 0.29) is 11.8 Å². The van der Waals surface area contributed by atoms with Gasteiger partial charge in [-0.3, -0.25) is 9.78 Å². The second-order valence-corrected chi connectivity index (χ2v) is 5.30. The van der Waals surface area contributed by atoms with Gasteiger partial charge in [-0.2, -0.15) is 0 Å². The Bertz CT molecular complexity index is 630. The maximum atomic E-state index is 12.1. The number of nitrogens with zero attached hydrogens (tertiary/aromatic N) is 1. The first-order valence-electron chi connectivity index (χ1n) is 6.64. The van der Waals surface area contributed by atoms with Crippen LogP contribution in [-0.2, 0) is 4.79 Å². The van der Waals surface area contributed by atoms with E-state index < -0.39 is 6.04 Å². The lowest BCUT2D eigenvalue weighted by molar-refractivity contribution is -0.118. The van der Waals surface area contributed by atoms with Crippen molar-refractivity contribution in [3.05, 3.63) is 35.5 Å². The van der Waals surface area contributed by atoms with Crippen molar-refractivity contribution in [1.29, 1.82) is 0 Å². The van der Waals surface area contributed by atoms with Crippen LogP contribution in [-0.4, -0.2) is 16.9 Å². The highest BCUT2D eigenvalue weighted by molar-refractivity contribution is 6.35. The van der Waals surface area contributed by atoms with E-state index in [1.165, 1.54) is 0 Å². The molecule has 4 nitrogen and oxygen atoms in total. The molecule has 1 aromatic heterocycles. The van der Waals surface area contributed by atoms with Gasteiger partial charge in [0, 0.05) is 11.6 Å². The number of fused-ring (bicyclic) bond motifs is 1.